The van der Waals surface area contributed by atoms with Gasteiger partial charge in [-0.1, -0.05) is 18.2 Å². The number of rotatable bonds is 6. The molecule has 21 heavy (non-hydrogen) atoms. The van der Waals surface area contributed by atoms with Gasteiger partial charge in [0.05, 0.1) is 5.56 Å². The summed E-state index contributed by atoms with van der Waals surface area (Å²) in [6.45, 7) is 9.63. The normalized spacial score (nSPS) is 10.1. The Labute approximate surface area is 124 Å². The van der Waals surface area contributed by atoms with E-state index in [9.17, 15) is 14.0 Å². The summed E-state index contributed by atoms with van der Waals surface area (Å²) >= 11 is 0. The number of ether oxygens (including phenoxy) is 1. The topological polar surface area (TPSA) is 46.6 Å². The van der Waals surface area contributed by atoms with Crippen LogP contribution in [0.3, 0.4) is 0 Å². The van der Waals surface area contributed by atoms with Gasteiger partial charge in [-0.15, -0.1) is 0 Å². The van der Waals surface area contributed by atoms with Gasteiger partial charge in [0.2, 0.25) is 0 Å². The number of carbonyl (C=O) groups excluding carboxylic acids is 2. The van der Waals surface area contributed by atoms with Crippen LogP contribution in [0.25, 0.3) is 0 Å². The molecular weight excluding hydrogens is 273 g/mol. The van der Waals surface area contributed by atoms with Crippen LogP contribution in [0.5, 0.6) is 0 Å². The second-order valence-electron chi connectivity index (χ2n) is 4.90. The molecule has 1 amide bonds. The highest BCUT2D eigenvalue weighted by molar-refractivity contribution is 5.92. The van der Waals surface area contributed by atoms with E-state index in [1.54, 1.807) is 6.92 Å². The van der Waals surface area contributed by atoms with Crippen molar-refractivity contribution in [1.29, 1.82) is 0 Å². The molecule has 0 aromatic heterocycles. The van der Waals surface area contributed by atoms with E-state index in [-0.39, 0.29) is 18.1 Å². The van der Waals surface area contributed by atoms with Crippen LogP contribution >= 0.6 is 0 Å². The zero-order valence-corrected chi connectivity index (χ0v) is 12.6. The first-order valence-corrected chi connectivity index (χ1v) is 6.70. The second kappa shape index (κ2) is 7.57. The minimum absolute atomic E-state index is 0.130. The number of halogens is 1. The van der Waals surface area contributed by atoms with Crippen LogP contribution < -0.4 is 0 Å². The third-order valence-corrected chi connectivity index (χ3v) is 2.94. The van der Waals surface area contributed by atoms with E-state index in [4.69, 9.17) is 4.74 Å². The quantitative estimate of drug-likeness (QED) is 0.598. The molecule has 0 aliphatic heterocycles. The average molecular weight is 293 g/mol. The Bertz CT molecular complexity index is 554. The minimum atomic E-state index is -0.702. The largest absolute Gasteiger partial charge is 0.452 e. The van der Waals surface area contributed by atoms with Gasteiger partial charge in [0.15, 0.2) is 6.61 Å². The van der Waals surface area contributed by atoms with Crippen molar-refractivity contribution in [1.82, 2.24) is 4.90 Å². The molecule has 0 saturated heterocycles. The molecule has 0 atom stereocenters. The van der Waals surface area contributed by atoms with Gasteiger partial charge < -0.3 is 9.64 Å². The Morgan fingerprint density at radius 1 is 1.38 bits per heavy atom. The number of nitrogens with zero attached hydrogens (tertiary/aromatic N) is 1. The Morgan fingerprint density at radius 2 is 2.05 bits per heavy atom. The first-order valence-electron chi connectivity index (χ1n) is 6.70. The van der Waals surface area contributed by atoms with Gasteiger partial charge in [-0.3, -0.25) is 4.79 Å². The molecule has 0 bridgehead atoms. The van der Waals surface area contributed by atoms with E-state index in [2.05, 4.69) is 6.58 Å². The number of esters is 1. The SMILES string of the molecule is C=C(C)CN(CC)C(=O)COC(=O)c1cc(F)ccc1C. The van der Waals surface area contributed by atoms with Gasteiger partial charge in [-0.25, -0.2) is 9.18 Å². The third-order valence-electron chi connectivity index (χ3n) is 2.94. The van der Waals surface area contributed by atoms with Gasteiger partial charge in [-0.2, -0.15) is 0 Å². The summed E-state index contributed by atoms with van der Waals surface area (Å²) in [6.07, 6.45) is 0. The predicted octanol–water partition coefficient (Wildman–Crippen LogP) is 2.72. The molecule has 1 rings (SSSR count). The summed E-state index contributed by atoms with van der Waals surface area (Å²) < 4.78 is 18.1. The van der Waals surface area contributed by atoms with Gasteiger partial charge in [0.1, 0.15) is 5.82 Å². The van der Waals surface area contributed by atoms with Crippen LogP contribution in [0.15, 0.2) is 30.4 Å². The molecular formula is C16H20FNO3. The monoisotopic (exact) mass is 293 g/mol. The molecule has 0 spiro atoms. The molecule has 1 aromatic carbocycles. The number of benzene rings is 1. The molecule has 0 unspecified atom stereocenters. The summed E-state index contributed by atoms with van der Waals surface area (Å²) in [5.74, 6) is -1.52. The maximum Gasteiger partial charge on any atom is 0.339 e. The number of carbonyl (C=O) groups is 2. The van der Waals surface area contributed by atoms with Crippen LogP contribution in [0.2, 0.25) is 0 Å². The molecule has 4 nitrogen and oxygen atoms in total. The number of hydrogen-bond donors (Lipinski definition) is 0. The molecule has 0 fully saturated rings. The first kappa shape index (κ1) is 16.9. The predicted molar refractivity (Wildman–Crippen MR) is 78.5 cm³/mol. The lowest BCUT2D eigenvalue weighted by Crippen LogP contribution is -2.35. The number of amides is 1. The molecule has 5 heteroatoms. The maximum atomic E-state index is 13.1. The van der Waals surface area contributed by atoms with E-state index < -0.39 is 11.8 Å². The summed E-state index contributed by atoms with van der Waals surface area (Å²) in [4.78, 5) is 25.3. The van der Waals surface area contributed by atoms with Crippen molar-refractivity contribution in [3.8, 4) is 0 Å². The number of aryl methyl sites for hydroxylation is 1. The fraction of sp³-hybridized carbons (Fsp3) is 0.375. The minimum Gasteiger partial charge on any atom is -0.452 e. The van der Waals surface area contributed by atoms with Crippen molar-refractivity contribution in [2.45, 2.75) is 20.8 Å². The number of hydrogen-bond acceptors (Lipinski definition) is 3. The summed E-state index contributed by atoms with van der Waals surface area (Å²) in [5, 5.41) is 0. The van der Waals surface area contributed by atoms with Gasteiger partial charge in [0.25, 0.3) is 5.91 Å². The Kier molecular flexibility index (Phi) is 6.09. The van der Waals surface area contributed by atoms with Crippen LogP contribution in [0.4, 0.5) is 4.39 Å². The molecule has 0 aliphatic carbocycles. The summed E-state index contributed by atoms with van der Waals surface area (Å²) in [7, 11) is 0. The van der Waals surface area contributed by atoms with E-state index in [1.807, 2.05) is 13.8 Å². The average Bonchev–Trinajstić information content (AvgIpc) is 2.44. The lowest BCUT2D eigenvalue weighted by atomic mass is 10.1. The standard InChI is InChI=1S/C16H20FNO3/c1-5-18(9-11(2)3)15(19)10-21-16(20)14-8-13(17)7-6-12(14)4/h6-8H,2,5,9-10H2,1,3-4H3. The van der Waals surface area contributed by atoms with Crippen molar-refractivity contribution < 1.29 is 18.7 Å². The number of likely N-dealkylation sites (N-methyl/N-ethyl adjacent to an activating group) is 1. The van der Waals surface area contributed by atoms with Crippen molar-refractivity contribution in [2.75, 3.05) is 19.7 Å². The summed E-state index contributed by atoms with van der Waals surface area (Å²) in [6, 6.07) is 3.86. The molecule has 0 N–H and O–H groups in total. The fourth-order valence-corrected chi connectivity index (χ4v) is 1.81. The van der Waals surface area contributed by atoms with Crippen LogP contribution in [-0.2, 0) is 9.53 Å². The molecule has 0 saturated carbocycles. The second-order valence-corrected chi connectivity index (χ2v) is 4.90. The highest BCUT2D eigenvalue weighted by atomic mass is 19.1. The van der Waals surface area contributed by atoms with Crippen LogP contribution in [0, 0.1) is 12.7 Å². The lowest BCUT2D eigenvalue weighted by Gasteiger charge is -2.20. The van der Waals surface area contributed by atoms with Crippen LogP contribution in [0.1, 0.15) is 29.8 Å². The smallest absolute Gasteiger partial charge is 0.339 e. The zero-order chi connectivity index (χ0) is 16.0. The Hall–Kier alpha value is -2.17. The molecule has 1 aromatic rings. The van der Waals surface area contributed by atoms with Gasteiger partial charge in [0, 0.05) is 13.1 Å². The van der Waals surface area contributed by atoms with E-state index in [0.717, 1.165) is 11.6 Å². The fourth-order valence-electron chi connectivity index (χ4n) is 1.81. The molecule has 0 heterocycles. The summed E-state index contributed by atoms with van der Waals surface area (Å²) in [5.41, 5.74) is 1.58. The lowest BCUT2D eigenvalue weighted by molar-refractivity contribution is -0.133. The Morgan fingerprint density at radius 3 is 2.62 bits per heavy atom. The zero-order valence-electron chi connectivity index (χ0n) is 12.6. The molecule has 114 valence electrons. The van der Waals surface area contributed by atoms with Crippen molar-refractivity contribution in [2.24, 2.45) is 0 Å². The van der Waals surface area contributed by atoms with E-state index in [1.165, 1.54) is 17.0 Å². The first-order chi connectivity index (χ1) is 9.85. The third kappa shape index (κ3) is 5.02. The maximum absolute atomic E-state index is 13.1. The van der Waals surface area contributed by atoms with Gasteiger partial charge >= 0.3 is 5.97 Å². The van der Waals surface area contributed by atoms with Gasteiger partial charge in [-0.05, 0) is 38.5 Å². The molecule has 0 radical (unpaired) electrons. The highest BCUT2D eigenvalue weighted by Gasteiger charge is 2.16. The van der Waals surface area contributed by atoms with Crippen LogP contribution in [-0.4, -0.2) is 36.5 Å². The highest BCUT2D eigenvalue weighted by Crippen LogP contribution is 2.11. The Balaban J connectivity index is 2.65. The molecule has 0 aliphatic rings. The van der Waals surface area contributed by atoms with Crippen molar-refractivity contribution >= 4 is 11.9 Å². The van der Waals surface area contributed by atoms with Crippen molar-refractivity contribution in [3.05, 3.63) is 47.3 Å². The van der Waals surface area contributed by atoms with E-state index >= 15 is 0 Å². The van der Waals surface area contributed by atoms with E-state index in [0.29, 0.717) is 18.7 Å². The van der Waals surface area contributed by atoms with Crippen molar-refractivity contribution in [3.63, 3.8) is 0 Å².